The molecule has 0 spiro atoms. The van der Waals surface area contributed by atoms with Crippen LogP contribution < -0.4 is 9.64 Å². The van der Waals surface area contributed by atoms with Gasteiger partial charge >= 0.3 is 6.09 Å². The number of aromatic nitrogens is 1. The summed E-state index contributed by atoms with van der Waals surface area (Å²) < 4.78 is 11.2. The van der Waals surface area contributed by atoms with Crippen LogP contribution in [-0.2, 0) is 11.3 Å². The Labute approximate surface area is 172 Å². The molecule has 1 aromatic carbocycles. The Morgan fingerprint density at radius 1 is 1.14 bits per heavy atom. The van der Waals surface area contributed by atoms with Gasteiger partial charge in [0.25, 0.3) is 0 Å². The predicted octanol–water partition coefficient (Wildman–Crippen LogP) is 4.11. The van der Waals surface area contributed by atoms with Gasteiger partial charge in [-0.2, -0.15) is 0 Å². The summed E-state index contributed by atoms with van der Waals surface area (Å²) in [6, 6.07) is 14.3. The molecule has 0 unspecified atom stereocenters. The lowest BCUT2D eigenvalue weighted by Crippen LogP contribution is -2.48. The molecule has 2 saturated heterocycles. The Balaban J connectivity index is 1.32. The maximum absolute atomic E-state index is 12.5. The molecule has 0 radical (unpaired) electrons. The van der Waals surface area contributed by atoms with Crippen LogP contribution in [0.5, 0.6) is 5.75 Å². The molecule has 0 N–H and O–H groups in total. The highest BCUT2D eigenvalue weighted by Gasteiger charge is 2.40. The third-order valence-electron chi connectivity index (χ3n) is 5.69. The number of fused-ring (bicyclic) bond motifs is 1. The Morgan fingerprint density at radius 3 is 2.69 bits per heavy atom. The molecule has 0 aliphatic carbocycles. The van der Waals surface area contributed by atoms with E-state index >= 15 is 0 Å². The molecule has 154 valence electrons. The van der Waals surface area contributed by atoms with Crippen molar-refractivity contribution in [2.45, 2.75) is 45.4 Å². The van der Waals surface area contributed by atoms with Crippen LogP contribution in [0, 0.1) is 5.92 Å². The van der Waals surface area contributed by atoms with E-state index in [4.69, 9.17) is 9.47 Å². The average molecular weight is 396 g/mol. The maximum atomic E-state index is 12.5. The van der Waals surface area contributed by atoms with Crippen molar-refractivity contribution in [3.8, 4) is 5.75 Å². The molecule has 6 nitrogen and oxygen atoms in total. The first-order valence-corrected chi connectivity index (χ1v) is 10.4. The van der Waals surface area contributed by atoms with Gasteiger partial charge in [-0.15, -0.1) is 0 Å². The van der Waals surface area contributed by atoms with Crippen LogP contribution in [0.15, 0.2) is 48.7 Å². The highest BCUT2D eigenvalue weighted by molar-refractivity contribution is 5.68. The van der Waals surface area contributed by atoms with Crippen molar-refractivity contribution < 1.29 is 14.3 Å². The van der Waals surface area contributed by atoms with Gasteiger partial charge < -0.3 is 19.3 Å². The monoisotopic (exact) mass is 395 g/mol. The van der Waals surface area contributed by atoms with Gasteiger partial charge in [0, 0.05) is 25.7 Å². The topological polar surface area (TPSA) is 54.9 Å². The zero-order chi connectivity index (χ0) is 20.2. The van der Waals surface area contributed by atoms with Crippen molar-refractivity contribution in [3.05, 3.63) is 54.2 Å². The average Bonchev–Trinajstić information content (AvgIpc) is 3.16. The molecule has 4 rings (SSSR count). The second-order valence-electron chi connectivity index (χ2n) is 8.10. The molecule has 0 saturated carbocycles. The third-order valence-corrected chi connectivity index (χ3v) is 5.69. The number of rotatable bonds is 5. The van der Waals surface area contributed by atoms with E-state index in [9.17, 15) is 4.79 Å². The highest BCUT2D eigenvalue weighted by Crippen LogP contribution is 2.35. The number of hydrogen-bond acceptors (Lipinski definition) is 5. The summed E-state index contributed by atoms with van der Waals surface area (Å²) in [6.45, 7) is 6.79. The van der Waals surface area contributed by atoms with Crippen LogP contribution in [-0.4, -0.2) is 47.8 Å². The number of carbonyl (C=O) groups excluding carboxylic acids is 1. The maximum Gasteiger partial charge on any atom is 0.410 e. The Hall–Kier alpha value is -2.76. The molecule has 0 bridgehead atoms. The number of ether oxygens (including phenoxy) is 2. The lowest BCUT2D eigenvalue weighted by molar-refractivity contribution is 0.0780. The molecule has 2 aliphatic rings. The minimum atomic E-state index is -0.209. The second-order valence-corrected chi connectivity index (χ2v) is 8.10. The molecule has 2 atom stereocenters. The largest absolute Gasteiger partial charge is 0.489 e. The van der Waals surface area contributed by atoms with Gasteiger partial charge in [-0.3, -0.25) is 0 Å². The number of nitrogens with zero attached hydrogens (tertiary/aromatic N) is 3. The summed E-state index contributed by atoms with van der Waals surface area (Å²) in [7, 11) is 0. The van der Waals surface area contributed by atoms with Crippen LogP contribution in [0.4, 0.5) is 10.6 Å². The quantitative estimate of drug-likeness (QED) is 0.763. The zero-order valence-corrected chi connectivity index (χ0v) is 17.2. The SMILES string of the molecule is CC(C)Oc1ccc(N2CC[C@@H]3CN(C(=O)OCc4ccccc4)CC[C@@H]32)nc1. The molecular weight excluding hydrogens is 366 g/mol. The van der Waals surface area contributed by atoms with Gasteiger partial charge in [-0.25, -0.2) is 9.78 Å². The summed E-state index contributed by atoms with van der Waals surface area (Å²) in [6.07, 6.45) is 3.75. The molecule has 6 heteroatoms. The van der Waals surface area contributed by atoms with E-state index in [0.29, 0.717) is 18.6 Å². The van der Waals surface area contributed by atoms with Crippen molar-refractivity contribution in [1.29, 1.82) is 0 Å². The minimum absolute atomic E-state index is 0.143. The summed E-state index contributed by atoms with van der Waals surface area (Å²) >= 11 is 0. The Kier molecular flexibility index (Phi) is 5.88. The van der Waals surface area contributed by atoms with Crippen molar-refractivity contribution in [2.24, 2.45) is 5.92 Å². The minimum Gasteiger partial charge on any atom is -0.489 e. The van der Waals surface area contributed by atoms with E-state index in [1.807, 2.05) is 61.2 Å². The van der Waals surface area contributed by atoms with Crippen LogP contribution in [0.25, 0.3) is 0 Å². The van der Waals surface area contributed by atoms with Gasteiger partial charge in [0.05, 0.1) is 12.3 Å². The molecule has 2 aromatic rings. The fourth-order valence-electron chi connectivity index (χ4n) is 4.33. The summed E-state index contributed by atoms with van der Waals surface area (Å²) in [5, 5.41) is 0. The van der Waals surface area contributed by atoms with Gasteiger partial charge in [-0.1, -0.05) is 30.3 Å². The molecule has 3 heterocycles. The summed E-state index contributed by atoms with van der Waals surface area (Å²) in [5.74, 6) is 2.26. The molecule has 29 heavy (non-hydrogen) atoms. The number of piperidine rings is 1. The van der Waals surface area contributed by atoms with Crippen molar-refractivity contribution in [2.75, 3.05) is 24.5 Å². The number of benzene rings is 1. The molecule has 2 aliphatic heterocycles. The lowest BCUT2D eigenvalue weighted by Gasteiger charge is -2.37. The van der Waals surface area contributed by atoms with Crippen LogP contribution in [0.2, 0.25) is 0 Å². The Morgan fingerprint density at radius 2 is 1.97 bits per heavy atom. The van der Waals surface area contributed by atoms with Crippen molar-refractivity contribution >= 4 is 11.9 Å². The third kappa shape index (κ3) is 4.63. The molecule has 1 aromatic heterocycles. The molecule has 1 amide bonds. The number of carbonyl (C=O) groups is 1. The summed E-state index contributed by atoms with van der Waals surface area (Å²) in [5.41, 5.74) is 1.01. The van der Waals surface area contributed by atoms with E-state index in [1.165, 1.54) is 0 Å². The molecule has 2 fully saturated rings. The normalized spacial score (nSPS) is 21.2. The van der Waals surface area contributed by atoms with Gasteiger partial charge in [-0.05, 0) is 50.3 Å². The zero-order valence-electron chi connectivity index (χ0n) is 17.2. The van der Waals surface area contributed by atoms with Crippen molar-refractivity contribution in [3.63, 3.8) is 0 Å². The smallest absolute Gasteiger partial charge is 0.410 e. The first-order chi connectivity index (χ1) is 14.1. The van der Waals surface area contributed by atoms with Gasteiger partial charge in [0.15, 0.2) is 0 Å². The Bertz CT molecular complexity index is 810. The number of pyridine rings is 1. The van der Waals surface area contributed by atoms with Gasteiger partial charge in [0.2, 0.25) is 0 Å². The molecular formula is C23H29N3O3. The van der Waals surface area contributed by atoms with E-state index in [-0.39, 0.29) is 12.2 Å². The first kappa shape index (κ1) is 19.6. The van der Waals surface area contributed by atoms with E-state index in [1.54, 1.807) is 6.20 Å². The number of anilines is 1. The fraction of sp³-hybridized carbons (Fsp3) is 0.478. The summed E-state index contributed by atoms with van der Waals surface area (Å²) in [4.78, 5) is 21.4. The number of hydrogen-bond donors (Lipinski definition) is 0. The fourth-order valence-corrected chi connectivity index (χ4v) is 4.33. The van der Waals surface area contributed by atoms with Gasteiger partial charge in [0.1, 0.15) is 18.2 Å². The van der Waals surface area contributed by atoms with E-state index in [2.05, 4.69) is 9.88 Å². The van der Waals surface area contributed by atoms with E-state index < -0.39 is 0 Å². The van der Waals surface area contributed by atoms with Crippen molar-refractivity contribution in [1.82, 2.24) is 9.88 Å². The lowest BCUT2D eigenvalue weighted by atomic mass is 9.93. The number of amides is 1. The highest BCUT2D eigenvalue weighted by atomic mass is 16.6. The van der Waals surface area contributed by atoms with Crippen LogP contribution in [0.3, 0.4) is 0 Å². The second kappa shape index (κ2) is 8.72. The first-order valence-electron chi connectivity index (χ1n) is 10.4. The standard InChI is InChI=1S/C23H29N3O3/c1-17(2)29-20-8-9-22(24-14-20)26-13-10-19-15-25(12-11-21(19)26)23(27)28-16-18-6-4-3-5-7-18/h3-9,14,17,19,21H,10-13,15-16H2,1-2H3/t19-,21+/m1/s1. The van der Waals surface area contributed by atoms with Crippen LogP contribution in [0.1, 0.15) is 32.3 Å². The number of likely N-dealkylation sites (tertiary alicyclic amines) is 1. The van der Waals surface area contributed by atoms with Crippen LogP contribution >= 0.6 is 0 Å². The predicted molar refractivity (Wildman–Crippen MR) is 112 cm³/mol. The van der Waals surface area contributed by atoms with E-state index in [0.717, 1.165) is 49.6 Å².